The molecule has 0 bridgehead atoms. The topological polar surface area (TPSA) is 12.0 Å². The molecule has 1 aromatic carbocycles. The summed E-state index contributed by atoms with van der Waals surface area (Å²) < 4.78 is 26.0. The molecule has 0 saturated heterocycles. The fraction of sp³-hybridized carbons (Fsp3) is 0.538. The van der Waals surface area contributed by atoms with Crippen molar-refractivity contribution in [2.45, 2.75) is 26.7 Å². The Kier molecular flexibility index (Phi) is 5.39. The molecule has 0 heterocycles. The number of rotatable bonds is 6. The van der Waals surface area contributed by atoms with Gasteiger partial charge in [0, 0.05) is 6.07 Å². The molecule has 90 valence electrons. The summed E-state index contributed by atoms with van der Waals surface area (Å²) in [5, 5.41) is 3.26. The van der Waals surface area contributed by atoms with Crippen molar-refractivity contribution in [1.29, 1.82) is 0 Å². The summed E-state index contributed by atoms with van der Waals surface area (Å²) in [6.07, 6.45) is 1.73. The van der Waals surface area contributed by atoms with Gasteiger partial charge in [0.25, 0.3) is 0 Å². The second kappa shape index (κ2) is 6.59. The molecule has 1 aromatic rings. The zero-order valence-corrected chi connectivity index (χ0v) is 9.89. The van der Waals surface area contributed by atoms with Gasteiger partial charge in [0.2, 0.25) is 0 Å². The molecule has 1 unspecified atom stereocenters. The predicted octanol–water partition coefficient (Wildman–Crippen LogP) is 3.14. The van der Waals surface area contributed by atoms with Crippen molar-refractivity contribution in [2.24, 2.45) is 5.92 Å². The number of nitrogens with one attached hydrogen (secondary N) is 1. The molecule has 0 spiro atoms. The van der Waals surface area contributed by atoms with Gasteiger partial charge in [-0.05, 0) is 43.1 Å². The number of halogens is 2. The van der Waals surface area contributed by atoms with E-state index in [4.69, 9.17) is 0 Å². The molecular weight excluding hydrogens is 208 g/mol. The van der Waals surface area contributed by atoms with Crippen molar-refractivity contribution in [1.82, 2.24) is 5.32 Å². The minimum absolute atomic E-state index is 0.432. The predicted molar refractivity (Wildman–Crippen MR) is 62.4 cm³/mol. The number of benzene rings is 1. The highest BCUT2D eigenvalue weighted by atomic mass is 19.1. The molecule has 1 N–H and O–H groups in total. The first-order valence-electron chi connectivity index (χ1n) is 5.81. The van der Waals surface area contributed by atoms with E-state index >= 15 is 0 Å². The lowest BCUT2D eigenvalue weighted by atomic mass is 9.96. The van der Waals surface area contributed by atoms with Crippen LogP contribution in [-0.4, -0.2) is 13.1 Å². The Morgan fingerprint density at radius 3 is 2.25 bits per heavy atom. The maximum absolute atomic E-state index is 13.0. The van der Waals surface area contributed by atoms with E-state index in [0.29, 0.717) is 5.92 Å². The Morgan fingerprint density at radius 1 is 1.12 bits per heavy atom. The first-order valence-corrected chi connectivity index (χ1v) is 5.81. The fourth-order valence-corrected chi connectivity index (χ4v) is 1.77. The lowest BCUT2D eigenvalue weighted by Crippen LogP contribution is -2.23. The molecule has 1 nitrogen and oxygen atoms in total. The summed E-state index contributed by atoms with van der Waals surface area (Å²) in [7, 11) is 0. The van der Waals surface area contributed by atoms with Gasteiger partial charge in [-0.15, -0.1) is 0 Å². The molecule has 1 rings (SSSR count). The van der Waals surface area contributed by atoms with Crippen molar-refractivity contribution in [3.8, 4) is 0 Å². The van der Waals surface area contributed by atoms with Crippen LogP contribution in [0.3, 0.4) is 0 Å². The van der Waals surface area contributed by atoms with Crippen LogP contribution in [0.5, 0.6) is 0 Å². The average molecular weight is 227 g/mol. The van der Waals surface area contributed by atoms with Crippen LogP contribution in [0.4, 0.5) is 8.78 Å². The molecule has 0 amide bonds. The van der Waals surface area contributed by atoms with E-state index in [1.807, 2.05) is 0 Å². The van der Waals surface area contributed by atoms with Crippen LogP contribution in [0, 0.1) is 17.6 Å². The molecule has 0 aliphatic rings. The maximum Gasteiger partial charge on any atom is 0.126 e. The molecule has 0 aliphatic carbocycles. The van der Waals surface area contributed by atoms with Gasteiger partial charge in [-0.2, -0.15) is 0 Å². The average Bonchev–Trinajstić information content (AvgIpc) is 2.22. The van der Waals surface area contributed by atoms with Crippen LogP contribution in [0.2, 0.25) is 0 Å². The van der Waals surface area contributed by atoms with Gasteiger partial charge in [-0.3, -0.25) is 0 Å². The van der Waals surface area contributed by atoms with Gasteiger partial charge >= 0.3 is 0 Å². The monoisotopic (exact) mass is 227 g/mol. The quantitative estimate of drug-likeness (QED) is 0.787. The van der Waals surface area contributed by atoms with E-state index in [1.165, 1.54) is 12.1 Å². The lowest BCUT2D eigenvalue weighted by molar-refractivity contribution is 0.464. The van der Waals surface area contributed by atoms with E-state index in [0.717, 1.165) is 37.6 Å². The highest BCUT2D eigenvalue weighted by molar-refractivity contribution is 5.18. The summed E-state index contributed by atoms with van der Waals surface area (Å²) in [5.74, 6) is -0.553. The summed E-state index contributed by atoms with van der Waals surface area (Å²) in [4.78, 5) is 0. The van der Waals surface area contributed by atoms with Crippen molar-refractivity contribution < 1.29 is 8.78 Å². The first-order chi connectivity index (χ1) is 7.65. The lowest BCUT2D eigenvalue weighted by Gasteiger charge is -2.15. The van der Waals surface area contributed by atoms with Gasteiger partial charge in [0.1, 0.15) is 11.6 Å². The highest BCUT2D eigenvalue weighted by Crippen LogP contribution is 2.14. The Morgan fingerprint density at radius 2 is 1.75 bits per heavy atom. The van der Waals surface area contributed by atoms with Crippen molar-refractivity contribution in [3.63, 3.8) is 0 Å². The maximum atomic E-state index is 13.0. The van der Waals surface area contributed by atoms with E-state index in [9.17, 15) is 8.78 Å². The minimum atomic E-state index is -0.492. The highest BCUT2D eigenvalue weighted by Gasteiger charge is 2.08. The second-order valence-corrected chi connectivity index (χ2v) is 4.06. The van der Waals surface area contributed by atoms with Crippen LogP contribution < -0.4 is 5.32 Å². The summed E-state index contributed by atoms with van der Waals surface area (Å²) in [6.45, 7) is 5.96. The van der Waals surface area contributed by atoms with Crippen LogP contribution in [0.1, 0.15) is 25.8 Å². The molecule has 16 heavy (non-hydrogen) atoms. The third-order valence-corrected chi connectivity index (χ3v) is 2.71. The normalized spacial score (nSPS) is 12.8. The van der Waals surface area contributed by atoms with E-state index < -0.39 is 11.6 Å². The van der Waals surface area contributed by atoms with Crippen LogP contribution >= 0.6 is 0 Å². The number of hydrogen-bond donors (Lipinski definition) is 1. The van der Waals surface area contributed by atoms with Crippen LogP contribution in [0.25, 0.3) is 0 Å². The summed E-state index contributed by atoms with van der Waals surface area (Å²) >= 11 is 0. The standard InChI is InChI=1S/C13H19F2N/c1-3-10(9-16-4-2)5-11-6-12(14)8-13(15)7-11/h6-8,10,16H,3-5,9H2,1-2H3. The van der Waals surface area contributed by atoms with Gasteiger partial charge in [-0.1, -0.05) is 20.3 Å². The second-order valence-electron chi connectivity index (χ2n) is 4.06. The van der Waals surface area contributed by atoms with Gasteiger partial charge in [0.05, 0.1) is 0 Å². The zero-order valence-electron chi connectivity index (χ0n) is 9.89. The third kappa shape index (κ3) is 4.27. The molecule has 0 fully saturated rings. The van der Waals surface area contributed by atoms with E-state index in [2.05, 4.69) is 19.2 Å². The van der Waals surface area contributed by atoms with E-state index in [-0.39, 0.29) is 0 Å². The van der Waals surface area contributed by atoms with Crippen molar-refractivity contribution >= 4 is 0 Å². The van der Waals surface area contributed by atoms with Gasteiger partial charge in [0.15, 0.2) is 0 Å². The van der Waals surface area contributed by atoms with E-state index in [1.54, 1.807) is 0 Å². The number of hydrogen-bond acceptors (Lipinski definition) is 1. The van der Waals surface area contributed by atoms with Gasteiger partial charge in [-0.25, -0.2) is 8.78 Å². The minimum Gasteiger partial charge on any atom is -0.317 e. The van der Waals surface area contributed by atoms with Gasteiger partial charge < -0.3 is 5.32 Å². The molecule has 0 aromatic heterocycles. The molecule has 3 heteroatoms. The summed E-state index contributed by atoms with van der Waals surface area (Å²) in [6, 6.07) is 3.74. The Hall–Kier alpha value is -0.960. The van der Waals surface area contributed by atoms with Crippen LogP contribution in [-0.2, 0) is 6.42 Å². The molecule has 0 aliphatic heterocycles. The van der Waals surface area contributed by atoms with Crippen molar-refractivity contribution in [3.05, 3.63) is 35.4 Å². The SMILES string of the molecule is CCNCC(CC)Cc1cc(F)cc(F)c1. The zero-order chi connectivity index (χ0) is 12.0. The largest absolute Gasteiger partial charge is 0.317 e. The smallest absolute Gasteiger partial charge is 0.126 e. The fourth-order valence-electron chi connectivity index (χ4n) is 1.77. The Balaban J connectivity index is 2.62. The first kappa shape index (κ1) is 13.1. The molecule has 0 saturated carbocycles. The van der Waals surface area contributed by atoms with Crippen LogP contribution in [0.15, 0.2) is 18.2 Å². The Bertz CT molecular complexity index is 305. The Labute approximate surface area is 95.9 Å². The molecule has 0 radical (unpaired) electrons. The summed E-state index contributed by atoms with van der Waals surface area (Å²) in [5.41, 5.74) is 0.738. The van der Waals surface area contributed by atoms with Crippen molar-refractivity contribution in [2.75, 3.05) is 13.1 Å². The molecular formula is C13H19F2N. The molecule has 1 atom stereocenters. The third-order valence-electron chi connectivity index (χ3n) is 2.71.